The molecule has 1 saturated carbocycles. The molecule has 0 unspecified atom stereocenters. The highest BCUT2D eigenvalue weighted by Gasteiger charge is 2.28. The Balaban J connectivity index is 1.91. The summed E-state index contributed by atoms with van der Waals surface area (Å²) in [6.07, 6.45) is 5.22. The van der Waals surface area contributed by atoms with E-state index in [1.54, 1.807) is 0 Å². The molecule has 0 aromatic carbocycles. The fraction of sp³-hybridized carbons (Fsp3) is 0.583. The normalized spacial score (nSPS) is 17.9. The average molecular weight is 283 g/mol. The lowest BCUT2D eigenvalue weighted by Gasteiger charge is -2.33. The van der Waals surface area contributed by atoms with Crippen molar-refractivity contribution in [2.24, 2.45) is 5.73 Å². The van der Waals surface area contributed by atoms with Crippen LogP contribution in [0.2, 0.25) is 0 Å². The van der Waals surface area contributed by atoms with Crippen molar-refractivity contribution in [1.82, 2.24) is 5.32 Å². The van der Waals surface area contributed by atoms with Crippen LogP contribution in [0.1, 0.15) is 41.8 Å². The summed E-state index contributed by atoms with van der Waals surface area (Å²) < 4.78 is 0. The molecule has 1 aliphatic carbocycles. The summed E-state index contributed by atoms with van der Waals surface area (Å²) in [7, 11) is 0. The largest absolute Gasteiger partial charge is 0.349 e. The number of hydrogen-bond donors (Lipinski definition) is 2. The zero-order chi connectivity index (χ0) is 13.9. The Morgan fingerprint density at radius 1 is 1.42 bits per heavy atom. The lowest BCUT2D eigenvalue weighted by Crippen LogP contribution is -2.51. The molecule has 1 amide bonds. The van der Waals surface area contributed by atoms with Gasteiger partial charge in [0.2, 0.25) is 0 Å². The van der Waals surface area contributed by atoms with Gasteiger partial charge in [0.15, 0.2) is 0 Å². The van der Waals surface area contributed by atoms with Crippen LogP contribution in [0.3, 0.4) is 0 Å². The number of carbonyl (C=O) groups excluding carboxylic acids is 1. The van der Waals surface area contributed by atoms with Gasteiger partial charge in [-0.1, -0.05) is 30.6 Å². The molecule has 6 nitrogen and oxygen atoms in total. The number of nitro groups is 1. The highest BCUT2D eigenvalue weighted by molar-refractivity contribution is 7.17. The molecule has 0 saturated heterocycles. The summed E-state index contributed by atoms with van der Waals surface area (Å²) in [6.45, 7) is 0.428. The van der Waals surface area contributed by atoms with Gasteiger partial charge >= 0.3 is 5.00 Å². The molecule has 1 aromatic heterocycles. The van der Waals surface area contributed by atoms with Crippen molar-refractivity contribution in [3.63, 3.8) is 0 Å². The smallest absolute Gasteiger partial charge is 0.324 e. The molecule has 0 radical (unpaired) electrons. The maximum absolute atomic E-state index is 11.9. The minimum absolute atomic E-state index is 0.0229. The van der Waals surface area contributed by atoms with Gasteiger partial charge in [-0.15, -0.1) is 0 Å². The third kappa shape index (κ3) is 3.51. The third-order valence-electron chi connectivity index (χ3n) is 3.45. The topological polar surface area (TPSA) is 98.3 Å². The van der Waals surface area contributed by atoms with E-state index in [0.29, 0.717) is 11.4 Å². The van der Waals surface area contributed by atoms with Crippen LogP contribution in [-0.2, 0) is 0 Å². The third-order valence-corrected chi connectivity index (χ3v) is 4.48. The van der Waals surface area contributed by atoms with Crippen LogP contribution in [0.25, 0.3) is 0 Å². The Kier molecular flexibility index (Phi) is 4.16. The summed E-state index contributed by atoms with van der Waals surface area (Å²) in [5, 5.41) is 13.3. The Hall–Kier alpha value is -1.47. The molecule has 1 heterocycles. The fourth-order valence-corrected chi connectivity index (χ4v) is 3.06. The number of nitrogens with one attached hydrogen (secondary N) is 1. The molecule has 1 fully saturated rings. The number of nitrogens with zero attached hydrogens (tertiary/aromatic N) is 1. The van der Waals surface area contributed by atoms with Gasteiger partial charge in [-0.3, -0.25) is 14.9 Å². The second-order valence-corrected chi connectivity index (χ2v) is 6.06. The number of hydrogen-bond acceptors (Lipinski definition) is 5. The predicted octanol–water partition coefficient (Wildman–Crippen LogP) is 2.05. The van der Waals surface area contributed by atoms with Crippen LogP contribution >= 0.6 is 11.3 Å². The van der Waals surface area contributed by atoms with Gasteiger partial charge in [0, 0.05) is 18.2 Å². The van der Waals surface area contributed by atoms with Crippen LogP contribution in [0, 0.1) is 10.1 Å². The van der Waals surface area contributed by atoms with Crippen molar-refractivity contribution >= 4 is 22.2 Å². The van der Waals surface area contributed by atoms with E-state index in [1.165, 1.54) is 18.6 Å². The summed E-state index contributed by atoms with van der Waals surface area (Å²) in [5.74, 6) is -0.284. The van der Waals surface area contributed by atoms with Crippen molar-refractivity contribution < 1.29 is 9.72 Å². The second kappa shape index (κ2) is 5.66. The van der Waals surface area contributed by atoms with Gasteiger partial charge in [0.05, 0.1) is 9.80 Å². The summed E-state index contributed by atoms with van der Waals surface area (Å²) in [4.78, 5) is 22.3. The maximum atomic E-state index is 11.9. The molecule has 19 heavy (non-hydrogen) atoms. The van der Waals surface area contributed by atoms with Crippen molar-refractivity contribution in [3.8, 4) is 0 Å². The van der Waals surface area contributed by atoms with Gasteiger partial charge in [-0.05, 0) is 18.9 Å². The first kappa shape index (κ1) is 14.0. The Bertz CT molecular complexity index is 480. The molecule has 2 rings (SSSR count). The van der Waals surface area contributed by atoms with Gasteiger partial charge in [0.25, 0.3) is 5.91 Å². The van der Waals surface area contributed by atoms with E-state index in [2.05, 4.69) is 5.32 Å². The number of nitrogens with two attached hydrogens (primary N) is 1. The SMILES string of the molecule is NC1(CNC(=O)c2ccc([N+](=O)[O-])s2)CCCCC1. The second-order valence-electron chi connectivity index (χ2n) is 5.00. The summed E-state index contributed by atoms with van der Waals surface area (Å²) >= 11 is 0.883. The molecule has 1 aliphatic rings. The maximum Gasteiger partial charge on any atom is 0.324 e. The average Bonchev–Trinajstić information content (AvgIpc) is 2.87. The van der Waals surface area contributed by atoms with E-state index in [-0.39, 0.29) is 16.4 Å². The van der Waals surface area contributed by atoms with Gasteiger partial charge in [0.1, 0.15) is 0 Å². The lowest BCUT2D eigenvalue weighted by atomic mass is 9.82. The van der Waals surface area contributed by atoms with Crippen molar-refractivity contribution in [1.29, 1.82) is 0 Å². The Morgan fingerprint density at radius 2 is 2.11 bits per heavy atom. The van der Waals surface area contributed by atoms with Crippen LogP contribution in [-0.4, -0.2) is 22.9 Å². The van der Waals surface area contributed by atoms with Crippen molar-refractivity contribution in [2.45, 2.75) is 37.6 Å². The van der Waals surface area contributed by atoms with Crippen molar-refractivity contribution in [2.75, 3.05) is 6.54 Å². The molecular weight excluding hydrogens is 266 g/mol. The molecule has 1 aromatic rings. The van der Waals surface area contributed by atoms with Gasteiger partial charge in [-0.25, -0.2) is 0 Å². The van der Waals surface area contributed by atoms with E-state index >= 15 is 0 Å². The Morgan fingerprint density at radius 3 is 2.68 bits per heavy atom. The minimum Gasteiger partial charge on any atom is -0.349 e. The first-order chi connectivity index (χ1) is 9.00. The number of carbonyl (C=O) groups is 1. The first-order valence-corrected chi connectivity index (χ1v) is 7.13. The molecular formula is C12H17N3O3S. The van der Waals surface area contributed by atoms with Crippen LogP contribution in [0.4, 0.5) is 5.00 Å². The van der Waals surface area contributed by atoms with Crippen LogP contribution in [0.15, 0.2) is 12.1 Å². The van der Waals surface area contributed by atoms with E-state index in [4.69, 9.17) is 5.73 Å². The van der Waals surface area contributed by atoms with E-state index < -0.39 is 4.92 Å². The molecule has 7 heteroatoms. The Labute approximate surface area is 115 Å². The molecule has 3 N–H and O–H groups in total. The van der Waals surface area contributed by atoms with E-state index in [0.717, 1.165) is 37.0 Å². The number of thiophene rings is 1. The molecule has 0 atom stereocenters. The van der Waals surface area contributed by atoms with E-state index in [9.17, 15) is 14.9 Å². The predicted molar refractivity (Wildman–Crippen MR) is 73.3 cm³/mol. The number of rotatable bonds is 4. The molecule has 0 spiro atoms. The highest BCUT2D eigenvalue weighted by Crippen LogP contribution is 2.26. The van der Waals surface area contributed by atoms with Gasteiger partial charge in [-0.2, -0.15) is 0 Å². The van der Waals surface area contributed by atoms with Crippen LogP contribution < -0.4 is 11.1 Å². The molecule has 0 aliphatic heterocycles. The van der Waals surface area contributed by atoms with Crippen LogP contribution in [0.5, 0.6) is 0 Å². The quantitative estimate of drug-likeness (QED) is 0.652. The minimum atomic E-state index is -0.493. The standard InChI is InChI=1S/C12H17N3O3S/c13-12(6-2-1-3-7-12)8-14-11(16)9-4-5-10(19-9)15(17)18/h4-5H,1-3,6-8,13H2,(H,14,16). The first-order valence-electron chi connectivity index (χ1n) is 6.31. The molecule has 0 bridgehead atoms. The molecule has 104 valence electrons. The van der Waals surface area contributed by atoms with Gasteiger partial charge < -0.3 is 11.1 Å². The van der Waals surface area contributed by atoms with E-state index in [1.807, 2.05) is 0 Å². The fourth-order valence-electron chi connectivity index (χ4n) is 2.32. The highest BCUT2D eigenvalue weighted by atomic mass is 32.1. The summed E-state index contributed by atoms with van der Waals surface area (Å²) in [6, 6.07) is 2.82. The monoisotopic (exact) mass is 283 g/mol. The summed E-state index contributed by atoms with van der Waals surface area (Å²) in [5.41, 5.74) is 5.90. The number of amides is 1. The van der Waals surface area contributed by atoms with Crippen molar-refractivity contribution in [3.05, 3.63) is 27.1 Å². The zero-order valence-electron chi connectivity index (χ0n) is 10.6. The lowest BCUT2D eigenvalue weighted by molar-refractivity contribution is -0.380. The zero-order valence-corrected chi connectivity index (χ0v) is 11.4.